The standard InChI is InChI=1S/C8H16N2O3/c1-5(12)10-8-7(13)2-6(4-11)3-9-8/h6-9,11,13H,2-4H2,1H3,(H,10,12). The van der Waals surface area contributed by atoms with Gasteiger partial charge in [-0.1, -0.05) is 0 Å². The first-order chi connectivity index (χ1) is 6.13. The second-order valence-electron chi connectivity index (χ2n) is 3.44. The van der Waals surface area contributed by atoms with E-state index in [0.717, 1.165) is 0 Å². The van der Waals surface area contributed by atoms with Crippen LogP contribution in [0.5, 0.6) is 0 Å². The molecule has 5 nitrogen and oxygen atoms in total. The molecule has 1 aliphatic heterocycles. The Morgan fingerprint density at radius 2 is 2.38 bits per heavy atom. The summed E-state index contributed by atoms with van der Waals surface area (Å²) in [6.45, 7) is 2.10. The van der Waals surface area contributed by atoms with Crippen LogP contribution in [0.2, 0.25) is 0 Å². The summed E-state index contributed by atoms with van der Waals surface area (Å²) in [5.41, 5.74) is 0. The van der Waals surface area contributed by atoms with Gasteiger partial charge in [-0.25, -0.2) is 0 Å². The molecule has 76 valence electrons. The molecule has 0 aliphatic carbocycles. The molecule has 13 heavy (non-hydrogen) atoms. The second kappa shape index (κ2) is 4.55. The van der Waals surface area contributed by atoms with Crippen LogP contribution in [-0.4, -0.2) is 41.5 Å². The largest absolute Gasteiger partial charge is 0.396 e. The molecular formula is C8H16N2O3. The number of amides is 1. The van der Waals surface area contributed by atoms with E-state index in [9.17, 15) is 9.90 Å². The topological polar surface area (TPSA) is 81.6 Å². The first kappa shape index (κ1) is 10.4. The number of hydrogen-bond donors (Lipinski definition) is 4. The highest BCUT2D eigenvalue weighted by Gasteiger charge is 2.28. The number of rotatable bonds is 2. The lowest BCUT2D eigenvalue weighted by atomic mass is 9.96. The highest BCUT2D eigenvalue weighted by molar-refractivity contribution is 5.73. The number of hydrogen-bond acceptors (Lipinski definition) is 4. The van der Waals surface area contributed by atoms with Crippen molar-refractivity contribution in [2.75, 3.05) is 13.2 Å². The minimum atomic E-state index is -0.616. The minimum absolute atomic E-state index is 0.0663. The first-order valence-corrected chi connectivity index (χ1v) is 4.43. The molecule has 0 bridgehead atoms. The molecule has 4 N–H and O–H groups in total. The Morgan fingerprint density at radius 1 is 1.69 bits per heavy atom. The molecule has 1 aliphatic rings. The molecule has 1 amide bonds. The highest BCUT2D eigenvalue weighted by atomic mass is 16.3. The Labute approximate surface area is 77.1 Å². The molecule has 0 spiro atoms. The SMILES string of the molecule is CC(=O)NC1NCC(CO)CC1O. The molecule has 0 aromatic rings. The number of carbonyl (C=O) groups is 1. The van der Waals surface area contributed by atoms with Crippen LogP contribution in [0, 0.1) is 5.92 Å². The van der Waals surface area contributed by atoms with Gasteiger partial charge in [-0.2, -0.15) is 0 Å². The molecule has 1 saturated heterocycles. The van der Waals surface area contributed by atoms with Crippen molar-refractivity contribution in [3.63, 3.8) is 0 Å². The summed E-state index contributed by atoms with van der Waals surface area (Å²) in [6, 6.07) is 0. The Hall–Kier alpha value is -0.650. The molecule has 0 aromatic heterocycles. The molecule has 1 rings (SSSR count). The Bertz CT molecular complexity index is 186. The smallest absolute Gasteiger partial charge is 0.218 e. The summed E-state index contributed by atoms with van der Waals surface area (Å²) >= 11 is 0. The zero-order valence-electron chi connectivity index (χ0n) is 7.66. The summed E-state index contributed by atoms with van der Waals surface area (Å²) in [6.07, 6.45) is -0.468. The van der Waals surface area contributed by atoms with Crippen LogP contribution < -0.4 is 10.6 Å². The number of carbonyl (C=O) groups excluding carboxylic acids is 1. The van der Waals surface area contributed by atoms with Gasteiger partial charge >= 0.3 is 0 Å². The Morgan fingerprint density at radius 3 is 2.85 bits per heavy atom. The lowest BCUT2D eigenvalue weighted by Crippen LogP contribution is -2.57. The maximum Gasteiger partial charge on any atom is 0.218 e. The van der Waals surface area contributed by atoms with E-state index in [1.165, 1.54) is 6.92 Å². The average Bonchev–Trinajstić information content (AvgIpc) is 2.08. The average molecular weight is 188 g/mol. The lowest BCUT2D eigenvalue weighted by Gasteiger charge is -2.33. The Balaban J connectivity index is 2.39. The van der Waals surface area contributed by atoms with Crippen LogP contribution in [0.25, 0.3) is 0 Å². The van der Waals surface area contributed by atoms with Gasteiger partial charge in [0.05, 0.1) is 6.10 Å². The fraction of sp³-hybridized carbons (Fsp3) is 0.875. The third-order valence-corrected chi connectivity index (χ3v) is 2.20. The summed E-state index contributed by atoms with van der Waals surface area (Å²) in [5.74, 6) is -0.0843. The summed E-state index contributed by atoms with van der Waals surface area (Å²) in [7, 11) is 0. The fourth-order valence-electron chi connectivity index (χ4n) is 1.50. The molecule has 3 unspecified atom stereocenters. The van der Waals surface area contributed by atoms with Crippen LogP contribution in [0.15, 0.2) is 0 Å². The predicted octanol–water partition coefficient (Wildman–Crippen LogP) is -1.59. The fourth-order valence-corrected chi connectivity index (χ4v) is 1.50. The van der Waals surface area contributed by atoms with Crippen molar-refractivity contribution in [1.29, 1.82) is 0 Å². The molecule has 3 atom stereocenters. The quantitative estimate of drug-likeness (QED) is 0.421. The van der Waals surface area contributed by atoms with Crippen molar-refractivity contribution < 1.29 is 15.0 Å². The van der Waals surface area contributed by atoms with E-state index in [2.05, 4.69) is 10.6 Å². The zero-order chi connectivity index (χ0) is 9.84. The van der Waals surface area contributed by atoms with Gasteiger partial charge in [-0.15, -0.1) is 0 Å². The third kappa shape index (κ3) is 2.95. The van der Waals surface area contributed by atoms with E-state index in [4.69, 9.17) is 5.11 Å². The van der Waals surface area contributed by atoms with Crippen LogP contribution in [0.4, 0.5) is 0 Å². The van der Waals surface area contributed by atoms with E-state index in [0.29, 0.717) is 13.0 Å². The van der Waals surface area contributed by atoms with Crippen molar-refractivity contribution in [1.82, 2.24) is 10.6 Å². The number of nitrogens with one attached hydrogen (secondary N) is 2. The zero-order valence-corrected chi connectivity index (χ0v) is 7.66. The van der Waals surface area contributed by atoms with Crippen LogP contribution in [-0.2, 0) is 4.79 Å². The van der Waals surface area contributed by atoms with Gasteiger partial charge in [-0.3, -0.25) is 10.1 Å². The van der Waals surface area contributed by atoms with Crippen molar-refractivity contribution in [2.24, 2.45) is 5.92 Å². The van der Waals surface area contributed by atoms with E-state index in [-0.39, 0.29) is 24.6 Å². The van der Waals surface area contributed by atoms with Crippen LogP contribution in [0.1, 0.15) is 13.3 Å². The van der Waals surface area contributed by atoms with Gasteiger partial charge < -0.3 is 15.5 Å². The van der Waals surface area contributed by atoms with Gasteiger partial charge in [0.1, 0.15) is 6.17 Å². The third-order valence-electron chi connectivity index (χ3n) is 2.20. The minimum Gasteiger partial charge on any atom is -0.396 e. The molecule has 0 radical (unpaired) electrons. The lowest BCUT2D eigenvalue weighted by molar-refractivity contribution is -0.121. The van der Waals surface area contributed by atoms with Crippen molar-refractivity contribution in [3.8, 4) is 0 Å². The molecule has 0 aromatic carbocycles. The summed E-state index contributed by atoms with van der Waals surface area (Å²) in [4.78, 5) is 10.7. The second-order valence-corrected chi connectivity index (χ2v) is 3.44. The maximum atomic E-state index is 10.7. The molecule has 1 heterocycles. The van der Waals surface area contributed by atoms with E-state index >= 15 is 0 Å². The normalized spacial score (nSPS) is 34.2. The van der Waals surface area contributed by atoms with Crippen LogP contribution in [0.3, 0.4) is 0 Å². The van der Waals surface area contributed by atoms with Crippen molar-refractivity contribution in [2.45, 2.75) is 25.6 Å². The maximum absolute atomic E-state index is 10.7. The van der Waals surface area contributed by atoms with Gasteiger partial charge in [-0.05, 0) is 12.3 Å². The molecular weight excluding hydrogens is 172 g/mol. The number of aliphatic hydroxyl groups excluding tert-OH is 2. The van der Waals surface area contributed by atoms with Gasteiger partial charge in [0, 0.05) is 20.1 Å². The van der Waals surface area contributed by atoms with Crippen molar-refractivity contribution >= 4 is 5.91 Å². The van der Waals surface area contributed by atoms with Gasteiger partial charge in [0.15, 0.2) is 0 Å². The van der Waals surface area contributed by atoms with Crippen LogP contribution >= 0.6 is 0 Å². The summed E-state index contributed by atoms with van der Waals surface area (Å²) in [5, 5.41) is 23.9. The number of aliphatic hydroxyl groups is 2. The molecule has 1 fully saturated rings. The monoisotopic (exact) mass is 188 g/mol. The highest BCUT2D eigenvalue weighted by Crippen LogP contribution is 2.12. The van der Waals surface area contributed by atoms with Gasteiger partial charge in [0.25, 0.3) is 0 Å². The first-order valence-electron chi connectivity index (χ1n) is 4.43. The molecule has 5 heteroatoms. The van der Waals surface area contributed by atoms with Crippen molar-refractivity contribution in [3.05, 3.63) is 0 Å². The van der Waals surface area contributed by atoms with E-state index < -0.39 is 6.10 Å². The number of piperidine rings is 1. The van der Waals surface area contributed by atoms with Gasteiger partial charge in [0.2, 0.25) is 5.91 Å². The van der Waals surface area contributed by atoms with E-state index in [1.54, 1.807) is 0 Å². The molecule has 0 saturated carbocycles. The predicted molar refractivity (Wildman–Crippen MR) is 46.8 cm³/mol. The van der Waals surface area contributed by atoms with E-state index in [1.807, 2.05) is 0 Å². The summed E-state index contributed by atoms with van der Waals surface area (Å²) < 4.78 is 0. The Kier molecular flexibility index (Phi) is 3.65.